The molecule has 0 aliphatic carbocycles. The fraction of sp³-hybridized carbons (Fsp3) is 0.455. The number of aromatic nitrogens is 2. The first-order chi connectivity index (χ1) is 15.6. The molecule has 33 heavy (non-hydrogen) atoms. The van der Waals surface area contributed by atoms with Crippen LogP contribution in [0.25, 0.3) is 0 Å². The van der Waals surface area contributed by atoms with Crippen molar-refractivity contribution in [2.24, 2.45) is 11.8 Å². The zero-order valence-corrected chi connectivity index (χ0v) is 18.7. The number of carbonyl (C=O) groups is 2. The maximum Gasteiger partial charge on any atom is 0.269 e. The third kappa shape index (κ3) is 4.57. The molecule has 2 aliphatic heterocycles. The highest BCUT2D eigenvalue weighted by molar-refractivity contribution is 6.04. The third-order valence-corrected chi connectivity index (χ3v) is 6.10. The number of nitrogens with zero attached hydrogens (tertiary/aromatic N) is 3. The number of rotatable bonds is 4. The van der Waals surface area contributed by atoms with Crippen molar-refractivity contribution in [3.8, 4) is 0 Å². The van der Waals surface area contributed by atoms with E-state index in [9.17, 15) is 24.5 Å². The van der Waals surface area contributed by atoms with E-state index in [2.05, 4.69) is 34.4 Å². The highest BCUT2D eigenvalue weighted by atomic mass is 16.6. The molecular formula is C22H26N6O5. The molecule has 3 atom stereocenters. The number of nitro benzene ring substituents is 1. The van der Waals surface area contributed by atoms with Gasteiger partial charge in [0.15, 0.2) is 0 Å². The number of nitrogens with one attached hydrogen (secondary N) is 3. The van der Waals surface area contributed by atoms with Gasteiger partial charge in [0.2, 0.25) is 17.8 Å². The number of aryl methyl sites for hydroxylation is 1. The molecule has 174 valence electrons. The Bertz CT molecular complexity index is 1180. The van der Waals surface area contributed by atoms with Gasteiger partial charge < -0.3 is 15.5 Å². The number of hydrogen-bond donors (Lipinski definition) is 3. The van der Waals surface area contributed by atoms with Crippen LogP contribution in [0.1, 0.15) is 43.7 Å². The van der Waals surface area contributed by atoms with Crippen LogP contribution >= 0.6 is 0 Å². The quantitative estimate of drug-likeness (QED) is 0.474. The fourth-order valence-electron chi connectivity index (χ4n) is 4.69. The van der Waals surface area contributed by atoms with Gasteiger partial charge in [0, 0.05) is 37.3 Å². The Kier molecular flexibility index (Phi) is 5.88. The van der Waals surface area contributed by atoms with Crippen LogP contribution in [0, 0.1) is 28.9 Å². The van der Waals surface area contributed by atoms with Crippen LogP contribution in [0.15, 0.2) is 23.0 Å². The second kappa shape index (κ2) is 8.64. The van der Waals surface area contributed by atoms with Crippen molar-refractivity contribution in [1.82, 2.24) is 9.97 Å². The molecule has 0 bridgehead atoms. The predicted octanol–water partition coefficient (Wildman–Crippen LogP) is 2.53. The Morgan fingerprint density at radius 3 is 2.58 bits per heavy atom. The van der Waals surface area contributed by atoms with Crippen LogP contribution in [0.2, 0.25) is 0 Å². The maximum absolute atomic E-state index is 13.1. The molecule has 3 heterocycles. The van der Waals surface area contributed by atoms with Crippen LogP contribution in [0.5, 0.6) is 0 Å². The van der Waals surface area contributed by atoms with Crippen molar-refractivity contribution >= 4 is 35.0 Å². The Balaban J connectivity index is 1.63. The van der Waals surface area contributed by atoms with E-state index in [1.54, 1.807) is 6.92 Å². The normalized spacial score (nSPS) is 22.3. The summed E-state index contributed by atoms with van der Waals surface area (Å²) in [6.07, 6.45) is 0.888. The Morgan fingerprint density at radius 1 is 1.24 bits per heavy atom. The molecule has 0 radical (unpaired) electrons. The SMILES string of the molecule is Cc1cc([N+](=O)[O-])ccc1NC(=O)[C@H]1CC(=O)Nc2nc(N3C[C@H](C)C[C@H](C)C3)[nH]c(=O)c21. The summed E-state index contributed by atoms with van der Waals surface area (Å²) in [5.41, 5.74) is 0.404. The van der Waals surface area contributed by atoms with Crippen LogP contribution in [-0.2, 0) is 9.59 Å². The molecule has 1 fully saturated rings. The molecule has 2 aliphatic rings. The Labute approximate surface area is 189 Å². The molecule has 2 amide bonds. The second-order valence-corrected chi connectivity index (χ2v) is 9.05. The van der Waals surface area contributed by atoms with Crippen molar-refractivity contribution in [2.75, 3.05) is 28.6 Å². The van der Waals surface area contributed by atoms with Crippen molar-refractivity contribution in [3.05, 3.63) is 49.8 Å². The summed E-state index contributed by atoms with van der Waals surface area (Å²) in [5, 5.41) is 16.3. The molecule has 4 rings (SSSR count). The molecule has 11 heteroatoms. The number of piperidine rings is 1. The first-order valence-electron chi connectivity index (χ1n) is 10.9. The van der Waals surface area contributed by atoms with Gasteiger partial charge in [-0.2, -0.15) is 4.98 Å². The van der Waals surface area contributed by atoms with Gasteiger partial charge in [0.1, 0.15) is 5.82 Å². The molecule has 0 spiro atoms. The third-order valence-electron chi connectivity index (χ3n) is 6.10. The Hall–Kier alpha value is -3.76. The average molecular weight is 454 g/mol. The van der Waals surface area contributed by atoms with Gasteiger partial charge >= 0.3 is 0 Å². The lowest BCUT2D eigenvalue weighted by atomic mass is 9.91. The second-order valence-electron chi connectivity index (χ2n) is 9.05. The molecule has 0 unspecified atom stereocenters. The summed E-state index contributed by atoms with van der Waals surface area (Å²) < 4.78 is 0. The van der Waals surface area contributed by atoms with Crippen LogP contribution in [0.3, 0.4) is 0 Å². The van der Waals surface area contributed by atoms with Gasteiger partial charge in [-0.15, -0.1) is 0 Å². The van der Waals surface area contributed by atoms with Crippen LogP contribution in [0.4, 0.5) is 23.1 Å². The maximum atomic E-state index is 13.1. The van der Waals surface area contributed by atoms with E-state index in [1.807, 2.05) is 4.90 Å². The summed E-state index contributed by atoms with van der Waals surface area (Å²) in [6.45, 7) is 7.39. The number of anilines is 3. The van der Waals surface area contributed by atoms with Crippen LogP contribution < -0.4 is 21.1 Å². The monoisotopic (exact) mass is 454 g/mol. The first-order valence-corrected chi connectivity index (χ1v) is 10.9. The molecule has 11 nitrogen and oxygen atoms in total. The number of fused-ring (bicyclic) bond motifs is 1. The van der Waals surface area contributed by atoms with E-state index in [0.717, 1.165) is 19.5 Å². The lowest BCUT2D eigenvalue weighted by molar-refractivity contribution is -0.384. The van der Waals surface area contributed by atoms with Gasteiger partial charge in [-0.05, 0) is 36.8 Å². The molecule has 0 saturated carbocycles. The number of non-ortho nitro benzene ring substituents is 1. The van der Waals surface area contributed by atoms with Crippen molar-refractivity contribution in [2.45, 2.75) is 39.5 Å². The minimum absolute atomic E-state index is 0.0939. The lowest BCUT2D eigenvalue weighted by Gasteiger charge is -2.35. The van der Waals surface area contributed by atoms with E-state index >= 15 is 0 Å². The molecule has 1 aromatic carbocycles. The van der Waals surface area contributed by atoms with E-state index < -0.39 is 28.2 Å². The minimum Gasteiger partial charge on any atom is -0.342 e. The smallest absolute Gasteiger partial charge is 0.269 e. The van der Waals surface area contributed by atoms with E-state index in [0.29, 0.717) is 29.0 Å². The summed E-state index contributed by atoms with van der Waals surface area (Å²) >= 11 is 0. The van der Waals surface area contributed by atoms with Gasteiger partial charge in [-0.3, -0.25) is 29.5 Å². The summed E-state index contributed by atoms with van der Waals surface area (Å²) in [5.74, 6) is -0.647. The zero-order chi connectivity index (χ0) is 23.9. The summed E-state index contributed by atoms with van der Waals surface area (Å²) in [7, 11) is 0. The largest absolute Gasteiger partial charge is 0.342 e. The lowest BCUT2D eigenvalue weighted by Crippen LogP contribution is -2.42. The molecule has 1 saturated heterocycles. The van der Waals surface area contributed by atoms with E-state index in [1.165, 1.54) is 18.2 Å². The van der Waals surface area contributed by atoms with E-state index in [-0.39, 0.29) is 23.5 Å². The van der Waals surface area contributed by atoms with Gasteiger partial charge in [-0.1, -0.05) is 13.8 Å². The van der Waals surface area contributed by atoms with Crippen molar-refractivity contribution in [3.63, 3.8) is 0 Å². The van der Waals surface area contributed by atoms with Crippen molar-refractivity contribution in [1.29, 1.82) is 0 Å². The highest BCUT2D eigenvalue weighted by Gasteiger charge is 2.36. The predicted molar refractivity (Wildman–Crippen MR) is 122 cm³/mol. The number of carbonyl (C=O) groups excluding carboxylic acids is 2. The zero-order valence-electron chi connectivity index (χ0n) is 18.7. The number of H-pyrrole nitrogens is 1. The number of aromatic amines is 1. The molecule has 1 aromatic heterocycles. The Morgan fingerprint density at radius 2 is 1.94 bits per heavy atom. The molecule has 3 N–H and O–H groups in total. The topological polar surface area (TPSA) is 150 Å². The van der Waals surface area contributed by atoms with Gasteiger partial charge in [-0.25, -0.2) is 0 Å². The number of amides is 2. The average Bonchev–Trinajstić information content (AvgIpc) is 2.73. The summed E-state index contributed by atoms with van der Waals surface area (Å²) in [4.78, 5) is 58.1. The standard InChI is InChI=1S/C22H26N6O5/c1-11-6-12(2)10-27(9-11)22-25-19-18(21(31)26-22)15(8-17(29)24-19)20(30)23-16-5-4-14(28(32)33)7-13(16)3/h4-5,7,11-12,15H,6,8-10H2,1-3H3,(H,23,30)(H2,24,25,26,29,31)/t11-,12+,15-/m0/s1. The molecular weight excluding hydrogens is 428 g/mol. The minimum atomic E-state index is -1.03. The number of hydrogen-bond acceptors (Lipinski definition) is 7. The number of nitro groups is 1. The van der Waals surface area contributed by atoms with E-state index in [4.69, 9.17) is 0 Å². The van der Waals surface area contributed by atoms with Crippen LogP contribution in [-0.4, -0.2) is 39.8 Å². The summed E-state index contributed by atoms with van der Waals surface area (Å²) in [6, 6.07) is 4.06. The van der Waals surface area contributed by atoms with Crippen molar-refractivity contribution < 1.29 is 14.5 Å². The fourth-order valence-corrected chi connectivity index (χ4v) is 4.69. The first kappa shape index (κ1) is 22.4. The van der Waals surface area contributed by atoms with Gasteiger partial charge in [0.25, 0.3) is 11.2 Å². The molecule has 2 aromatic rings. The highest BCUT2D eigenvalue weighted by Crippen LogP contribution is 2.32. The number of benzene rings is 1. The van der Waals surface area contributed by atoms with Gasteiger partial charge in [0.05, 0.1) is 16.4 Å².